The van der Waals surface area contributed by atoms with Gasteiger partial charge in [-0.05, 0) is 26.3 Å². The van der Waals surface area contributed by atoms with Gasteiger partial charge in [0.05, 0.1) is 6.20 Å². The van der Waals surface area contributed by atoms with Crippen molar-refractivity contribution < 1.29 is 0 Å². The number of aromatic nitrogens is 2. The molecular formula is C11H19N3. The summed E-state index contributed by atoms with van der Waals surface area (Å²) in [7, 11) is 1.97. The Bertz CT molecular complexity index is 289. The van der Waals surface area contributed by atoms with E-state index in [4.69, 9.17) is 0 Å². The molecule has 1 heterocycles. The Morgan fingerprint density at radius 3 is 3.00 bits per heavy atom. The van der Waals surface area contributed by atoms with Crippen LogP contribution in [0.2, 0.25) is 0 Å². The van der Waals surface area contributed by atoms with Crippen molar-refractivity contribution >= 4 is 0 Å². The molecule has 0 atom stereocenters. The minimum absolute atomic E-state index is 0.914. The first-order valence-electron chi connectivity index (χ1n) is 5.04. The first-order valence-corrected chi connectivity index (χ1v) is 5.04. The highest BCUT2D eigenvalue weighted by atomic mass is 15.3. The summed E-state index contributed by atoms with van der Waals surface area (Å²) in [6.45, 7) is 7.74. The summed E-state index contributed by atoms with van der Waals surface area (Å²) in [5, 5.41) is 7.58. The molecule has 0 aliphatic heterocycles. The summed E-state index contributed by atoms with van der Waals surface area (Å²) in [6, 6.07) is 0. The molecule has 3 heteroatoms. The molecule has 78 valence electrons. The first-order chi connectivity index (χ1) is 6.75. The van der Waals surface area contributed by atoms with E-state index < -0.39 is 0 Å². The molecule has 0 aliphatic rings. The standard InChI is InChI=1S/C11H19N3/c1-4-5-6-7-12-8-11-9-13-14(3)10(11)2/h4,9,12H,1,5-8H2,2-3H3. The van der Waals surface area contributed by atoms with Crippen molar-refractivity contribution in [3.63, 3.8) is 0 Å². The zero-order valence-corrected chi connectivity index (χ0v) is 9.08. The van der Waals surface area contributed by atoms with Crippen molar-refractivity contribution in [3.05, 3.63) is 30.1 Å². The minimum atomic E-state index is 0.914. The topological polar surface area (TPSA) is 29.9 Å². The van der Waals surface area contributed by atoms with E-state index in [1.54, 1.807) is 0 Å². The first kappa shape index (κ1) is 11.0. The van der Waals surface area contributed by atoms with E-state index in [0.717, 1.165) is 25.9 Å². The van der Waals surface area contributed by atoms with Crippen molar-refractivity contribution in [1.29, 1.82) is 0 Å². The van der Waals surface area contributed by atoms with Gasteiger partial charge in [-0.15, -0.1) is 6.58 Å². The molecule has 0 unspecified atom stereocenters. The van der Waals surface area contributed by atoms with Crippen molar-refractivity contribution in [3.8, 4) is 0 Å². The Hall–Kier alpha value is -1.09. The van der Waals surface area contributed by atoms with Gasteiger partial charge in [0.15, 0.2) is 0 Å². The van der Waals surface area contributed by atoms with Crippen LogP contribution in [0.4, 0.5) is 0 Å². The molecular weight excluding hydrogens is 174 g/mol. The second kappa shape index (κ2) is 5.60. The maximum atomic E-state index is 4.19. The molecule has 1 N–H and O–H groups in total. The summed E-state index contributed by atoms with van der Waals surface area (Å²) in [5.74, 6) is 0. The van der Waals surface area contributed by atoms with Crippen molar-refractivity contribution in [2.75, 3.05) is 6.54 Å². The van der Waals surface area contributed by atoms with Crippen molar-refractivity contribution in [2.45, 2.75) is 26.3 Å². The van der Waals surface area contributed by atoms with E-state index >= 15 is 0 Å². The highest BCUT2D eigenvalue weighted by molar-refractivity contribution is 5.15. The summed E-state index contributed by atoms with van der Waals surface area (Å²) >= 11 is 0. The molecule has 1 rings (SSSR count). The van der Waals surface area contributed by atoms with E-state index in [0.29, 0.717) is 0 Å². The lowest BCUT2D eigenvalue weighted by atomic mass is 10.2. The molecule has 0 fully saturated rings. The highest BCUT2D eigenvalue weighted by Crippen LogP contribution is 2.04. The van der Waals surface area contributed by atoms with Crippen LogP contribution in [0.3, 0.4) is 0 Å². The molecule has 1 aromatic heterocycles. The molecule has 0 spiro atoms. The number of hydrogen-bond acceptors (Lipinski definition) is 2. The Balaban J connectivity index is 2.24. The number of nitrogens with zero attached hydrogens (tertiary/aromatic N) is 2. The summed E-state index contributed by atoms with van der Waals surface area (Å²) in [4.78, 5) is 0. The fourth-order valence-corrected chi connectivity index (χ4v) is 1.31. The second-order valence-corrected chi connectivity index (χ2v) is 3.49. The van der Waals surface area contributed by atoms with E-state index in [1.165, 1.54) is 11.3 Å². The van der Waals surface area contributed by atoms with Gasteiger partial charge in [0.25, 0.3) is 0 Å². The van der Waals surface area contributed by atoms with Crippen LogP contribution in [0, 0.1) is 6.92 Å². The van der Waals surface area contributed by atoms with Crippen LogP contribution in [-0.4, -0.2) is 16.3 Å². The molecule has 0 aliphatic carbocycles. The number of allylic oxidation sites excluding steroid dienone is 1. The number of aryl methyl sites for hydroxylation is 1. The smallest absolute Gasteiger partial charge is 0.0537 e. The van der Waals surface area contributed by atoms with Crippen LogP contribution in [0.5, 0.6) is 0 Å². The second-order valence-electron chi connectivity index (χ2n) is 3.49. The molecule has 0 aromatic carbocycles. The van der Waals surface area contributed by atoms with Crippen LogP contribution in [0.1, 0.15) is 24.1 Å². The zero-order chi connectivity index (χ0) is 10.4. The molecule has 1 aromatic rings. The molecule has 0 bridgehead atoms. The lowest BCUT2D eigenvalue weighted by molar-refractivity contribution is 0.651. The third-order valence-corrected chi connectivity index (χ3v) is 2.41. The number of unbranched alkanes of at least 4 members (excludes halogenated alkanes) is 1. The molecule has 14 heavy (non-hydrogen) atoms. The van der Waals surface area contributed by atoms with Crippen LogP contribution in [0.25, 0.3) is 0 Å². The lowest BCUT2D eigenvalue weighted by Gasteiger charge is -2.02. The molecule has 0 radical (unpaired) electrons. The van der Waals surface area contributed by atoms with Gasteiger partial charge < -0.3 is 5.32 Å². The van der Waals surface area contributed by atoms with Gasteiger partial charge in [0.1, 0.15) is 0 Å². The quantitative estimate of drug-likeness (QED) is 0.551. The van der Waals surface area contributed by atoms with Crippen molar-refractivity contribution in [1.82, 2.24) is 15.1 Å². The average Bonchev–Trinajstić information content (AvgIpc) is 2.49. The number of nitrogens with one attached hydrogen (secondary N) is 1. The van der Waals surface area contributed by atoms with E-state index in [9.17, 15) is 0 Å². The van der Waals surface area contributed by atoms with Crippen LogP contribution >= 0.6 is 0 Å². The predicted molar refractivity (Wildman–Crippen MR) is 59.1 cm³/mol. The van der Waals surface area contributed by atoms with E-state index in [2.05, 4.69) is 23.9 Å². The summed E-state index contributed by atoms with van der Waals surface area (Å²) in [6.07, 6.45) is 6.12. The monoisotopic (exact) mass is 193 g/mol. The maximum Gasteiger partial charge on any atom is 0.0537 e. The molecule has 0 amide bonds. The molecule has 3 nitrogen and oxygen atoms in total. The predicted octanol–water partition coefficient (Wildman–Crippen LogP) is 1.78. The average molecular weight is 193 g/mol. The van der Waals surface area contributed by atoms with Gasteiger partial charge in [0, 0.05) is 24.8 Å². The van der Waals surface area contributed by atoms with Crippen LogP contribution in [0.15, 0.2) is 18.9 Å². The van der Waals surface area contributed by atoms with E-state index in [-0.39, 0.29) is 0 Å². The van der Waals surface area contributed by atoms with Gasteiger partial charge in [-0.2, -0.15) is 5.10 Å². The van der Waals surface area contributed by atoms with Crippen LogP contribution in [-0.2, 0) is 13.6 Å². The minimum Gasteiger partial charge on any atom is -0.313 e. The fraction of sp³-hybridized carbons (Fsp3) is 0.545. The Labute approximate surface area is 85.8 Å². The zero-order valence-electron chi connectivity index (χ0n) is 9.08. The van der Waals surface area contributed by atoms with Gasteiger partial charge in [-0.1, -0.05) is 6.08 Å². The van der Waals surface area contributed by atoms with Crippen LogP contribution < -0.4 is 5.32 Å². The highest BCUT2D eigenvalue weighted by Gasteiger charge is 2.01. The SMILES string of the molecule is C=CCCCNCc1cnn(C)c1C. The number of rotatable bonds is 6. The largest absolute Gasteiger partial charge is 0.313 e. The molecule has 0 saturated heterocycles. The maximum absolute atomic E-state index is 4.19. The summed E-state index contributed by atoms with van der Waals surface area (Å²) in [5.41, 5.74) is 2.52. The normalized spacial score (nSPS) is 10.4. The lowest BCUT2D eigenvalue weighted by Crippen LogP contribution is -2.14. The van der Waals surface area contributed by atoms with E-state index in [1.807, 2.05) is 24.0 Å². The number of hydrogen-bond donors (Lipinski definition) is 1. The van der Waals surface area contributed by atoms with Gasteiger partial charge in [-0.3, -0.25) is 4.68 Å². The summed E-state index contributed by atoms with van der Waals surface area (Å²) < 4.78 is 1.90. The van der Waals surface area contributed by atoms with Crippen molar-refractivity contribution in [2.24, 2.45) is 7.05 Å². The Morgan fingerprint density at radius 1 is 1.64 bits per heavy atom. The Morgan fingerprint density at radius 2 is 2.43 bits per heavy atom. The van der Waals surface area contributed by atoms with Gasteiger partial charge >= 0.3 is 0 Å². The van der Waals surface area contributed by atoms with Gasteiger partial charge in [-0.25, -0.2) is 0 Å². The fourth-order valence-electron chi connectivity index (χ4n) is 1.31. The third-order valence-electron chi connectivity index (χ3n) is 2.41. The third kappa shape index (κ3) is 3.00. The van der Waals surface area contributed by atoms with Gasteiger partial charge in [0.2, 0.25) is 0 Å². The Kier molecular flexibility index (Phi) is 4.40. The molecule has 0 saturated carbocycles.